The second-order valence-electron chi connectivity index (χ2n) is 5.64. The number of nitrogens with zero attached hydrogens (tertiary/aromatic N) is 1. The van der Waals surface area contributed by atoms with Crippen molar-refractivity contribution in [3.63, 3.8) is 0 Å². The number of carbonyl (C=O) groups is 2. The number of hydrogen-bond acceptors (Lipinski definition) is 4. The molecule has 0 aromatic carbocycles. The standard InChI is InChI=1S/C13H22N4O3/c14-11(17-20)13(6-2-1-3-7-13)12(19)16-9-4-5-10(18)15-8-9/h9,20H,1-8H2,(H2,14,17)(H,15,18)(H,16,19). The number of carbonyl (C=O) groups excluding carboxylic acids is 2. The van der Waals surface area contributed by atoms with Crippen molar-refractivity contribution >= 4 is 17.6 Å². The summed E-state index contributed by atoms with van der Waals surface area (Å²) in [6.07, 6.45) is 5.11. The van der Waals surface area contributed by atoms with Crippen LogP contribution in [0.3, 0.4) is 0 Å². The highest BCUT2D eigenvalue weighted by Gasteiger charge is 2.44. The summed E-state index contributed by atoms with van der Waals surface area (Å²) in [5, 5.41) is 17.7. The van der Waals surface area contributed by atoms with Gasteiger partial charge in [0.25, 0.3) is 0 Å². The van der Waals surface area contributed by atoms with Gasteiger partial charge in [0.1, 0.15) is 5.41 Å². The molecule has 1 unspecified atom stereocenters. The zero-order valence-corrected chi connectivity index (χ0v) is 11.5. The maximum atomic E-state index is 12.6. The lowest BCUT2D eigenvalue weighted by atomic mass is 9.72. The van der Waals surface area contributed by atoms with Crippen LogP contribution in [0, 0.1) is 5.41 Å². The van der Waals surface area contributed by atoms with Crippen LogP contribution in [0.2, 0.25) is 0 Å². The fourth-order valence-electron chi connectivity index (χ4n) is 3.03. The SMILES string of the molecule is NC(=NO)C1(C(=O)NC2CCC(=O)NC2)CCCCC1. The minimum absolute atomic E-state index is 0.00505. The molecule has 7 nitrogen and oxygen atoms in total. The van der Waals surface area contributed by atoms with Crippen LogP contribution >= 0.6 is 0 Å². The summed E-state index contributed by atoms with van der Waals surface area (Å²) < 4.78 is 0. The predicted molar refractivity (Wildman–Crippen MR) is 73.1 cm³/mol. The lowest BCUT2D eigenvalue weighted by Gasteiger charge is -2.36. The molecule has 5 N–H and O–H groups in total. The van der Waals surface area contributed by atoms with Gasteiger partial charge in [0, 0.05) is 19.0 Å². The maximum absolute atomic E-state index is 12.6. The van der Waals surface area contributed by atoms with Gasteiger partial charge in [-0.05, 0) is 19.3 Å². The minimum atomic E-state index is -0.894. The number of rotatable bonds is 3. The number of nitrogens with one attached hydrogen (secondary N) is 2. The Hall–Kier alpha value is -1.79. The highest BCUT2D eigenvalue weighted by atomic mass is 16.4. The predicted octanol–water partition coefficient (Wildman–Crippen LogP) is 0.0781. The van der Waals surface area contributed by atoms with Gasteiger partial charge in [-0.1, -0.05) is 24.4 Å². The van der Waals surface area contributed by atoms with E-state index in [4.69, 9.17) is 10.9 Å². The van der Waals surface area contributed by atoms with Crippen LogP contribution in [0.4, 0.5) is 0 Å². The van der Waals surface area contributed by atoms with Crippen LogP contribution in [-0.4, -0.2) is 35.4 Å². The third-order valence-corrected chi connectivity index (χ3v) is 4.34. The van der Waals surface area contributed by atoms with Gasteiger partial charge in [-0.3, -0.25) is 9.59 Å². The minimum Gasteiger partial charge on any atom is -0.409 e. The molecule has 0 aromatic rings. The Morgan fingerprint density at radius 3 is 2.65 bits per heavy atom. The van der Waals surface area contributed by atoms with E-state index in [1.807, 2.05) is 0 Å². The fraction of sp³-hybridized carbons (Fsp3) is 0.769. The first-order chi connectivity index (χ1) is 9.58. The van der Waals surface area contributed by atoms with Gasteiger partial charge in [0.05, 0.1) is 0 Å². The lowest BCUT2D eigenvalue weighted by Crippen LogP contribution is -2.56. The second-order valence-corrected chi connectivity index (χ2v) is 5.64. The van der Waals surface area contributed by atoms with Crippen molar-refractivity contribution in [1.29, 1.82) is 0 Å². The van der Waals surface area contributed by atoms with Gasteiger partial charge in [-0.25, -0.2) is 0 Å². The largest absolute Gasteiger partial charge is 0.409 e. The Morgan fingerprint density at radius 2 is 2.10 bits per heavy atom. The molecular weight excluding hydrogens is 260 g/mol. The van der Waals surface area contributed by atoms with Crippen molar-refractivity contribution < 1.29 is 14.8 Å². The first-order valence-electron chi connectivity index (χ1n) is 7.14. The number of oxime groups is 1. The summed E-state index contributed by atoms with van der Waals surface area (Å²) in [6, 6.07) is -0.0782. The molecule has 20 heavy (non-hydrogen) atoms. The number of amides is 2. The molecule has 0 bridgehead atoms. The Labute approximate surface area is 118 Å². The van der Waals surface area contributed by atoms with Crippen molar-refractivity contribution in [3.05, 3.63) is 0 Å². The first kappa shape index (κ1) is 14.6. The van der Waals surface area contributed by atoms with E-state index in [1.54, 1.807) is 0 Å². The van der Waals surface area contributed by atoms with E-state index in [2.05, 4.69) is 15.8 Å². The molecule has 1 atom stereocenters. The van der Waals surface area contributed by atoms with Crippen molar-refractivity contribution in [2.45, 2.75) is 51.0 Å². The van der Waals surface area contributed by atoms with Crippen LogP contribution in [0.15, 0.2) is 5.16 Å². The van der Waals surface area contributed by atoms with Gasteiger partial charge >= 0.3 is 0 Å². The molecule has 1 aliphatic carbocycles. The van der Waals surface area contributed by atoms with Gasteiger partial charge in [-0.2, -0.15) is 0 Å². The van der Waals surface area contributed by atoms with Crippen LogP contribution in [-0.2, 0) is 9.59 Å². The maximum Gasteiger partial charge on any atom is 0.234 e. The molecule has 1 heterocycles. The van der Waals surface area contributed by atoms with Crippen LogP contribution in [0.5, 0.6) is 0 Å². The third-order valence-electron chi connectivity index (χ3n) is 4.34. The van der Waals surface area contributed by atoms with E-state index >= 15 is 0 Å². The summed E-state index contributed by atoms with van der Waals surface area (Å²) in [5.74, 6) is -0.178. The van der Waals surface area contributed by atoms with Gasteiger partial charge in [0.2, 0.25) is 11.8 Å². The molecule has 0 aromatic heterocycles. The van der Waals surface area contributed by atoms with Crippen molar-refractivity contribution in [3.8, 4) is 0 Å². The number of hydrogen-bond donors (Lipinski definition) is 4. The van der Waals surface area contributed by atoms with E-state index in [-0.39, 0.29) is 23.7 Å². The third kappa shape index (κ3) is 2.86. The number of amidine groups is 1. The molecule has 7 heteroatoms. The van der Waals surface area contributed by atoms with Gasteiger partial charge in [-0.15, -0.1) is 0 Å². The first-order valence-corrected chi connectivity index (χ1v) is 7.14. The molecule has 0 radical (unpaired) electrons. The zero-order chi connectivity index (χ0) is 14.6. The zero-order valence-electron chi connectivity index (χ0n) is 11.5. The molecular formula is C13H22N4O3. The average molecular weight is 282 g/mol. The van der Waals surface area contributed by atoms with Crippen molar-refractivity contribution in [2.75, 3.05) is 6.54 Å². The molecule has 1 saturated heterocycles. The van der Waals surface area contributed by atoms with Crippen molar-refractivity contribution in [2.24, 2.45) is 16.3 Å². The fourth-order valence-corrected chi connectivity index (χ4v) is 3.03. The highest BCUT2D eigenvalue weighted by molar-refractivity contribution is 6.07. The molecule has 1 saturated carbocycles. The topological polar surface area (TPSA) is 117 Å². The van der Waals surface area contributed by atoms with E-state index in [0.717, 1.165) is 19.3 Å². The quantitative estimate of drug-likeness (QED) is 0.254. The van der Waals surface area contributed by atoms with Crippen LogP contribution in [0.25, 0.3) is 0 Å². The smallest absolute Gasteiger partial charge is 0.234 e. The molecule has 1 aliphatic heterocycles. The Bertz CT molecular complexity index is 406. The molecule has 2 fully saturated rings. The molecule has 112 valence electrons. The summed E-state index contributed by atoms with van der Waals surface area (Å²) in [5.41, 5.74) is 4.89. The normalized spacial score (nSPS) is 26.7. The van der Waals surface area contributed by atoms with Gasteiger partial charge in [0.15, 0.2) is 5.84 Å². The number of piperidine rings is 1. The average Bonchev–Trinajstić information content (AvgIpc) is 2.49. The Balaban J connectivity index is 2.05. The monoisotopic (exact) mass is 282 g/mol. The molecule has 2 rings (SSSR count). The molecule has 0 spiro atoms. The van der Waals surface area contributed by atoms with Crippen molar-refractivity contribution in [1.82, 2.24) is 10.6 Å². The van der Waals surface area contributed by atoms with Crippen LogP contribution in [0.1, 0.15) is 44.9 Å². The molecule has 2 amide bonds. The second kappa shape index (κ2) is 6.11. The lowest BCUT2D eigenvalue weighted by molar-refractivity contribution is -0.131. The van der Waals surface area contributed by atoms with E-state index in [1.165, 1.54) is 0 Å². The summed E-state index contributed by atoms with van der Waals surface area (Å²) in [4.78, 5) is 23.7. The highest BCUT2D eigenvalue weighted by Crippen LogP contribution is 2.37. The summed E-state index contributed by atoms with van der Waals surface area (Å²) in [6.45, 7) is 0.441. The number of nitrogens with two attached hydrogens (primary N) is 1. The Morgan fingerprint density at radius 1 is 1.40 bits per heavy atom. The summed E-state index contributed by atoms with van der Waals surface area (Å²) in [7, 11) is 0. The Kier molecular flexibility index (Phi) is 4.46. The molecule has 2 aliphatic rings. The van der Waals surface area contributed by atoms with Gasteiger partial charge < -0.3 is 21.6 Å². The van der Waals surface area contributed by atoms with E-state index in [9.17, 15) is 9.59 Å². The van der Waals surface area contributed by atoms with E-state index in [0.29, 0.717) is 32.2 Å². The van der Waals surface area contributed by atoms with E-state index < -0.39 is 5.41 Å². The van der Waals surface area contributed by atoms with Crippen LogP contribution < -0.4 is 16.4 Å². The summed E-state index contributed by atoms with van der Waals surface area (Å²) >= 11 is 0.